The van der Waals surface area contributed by atoms with Crippen LogP contribution in [-0.2, 0) is 9.53 Å². The number of ether oxygens (including phenoxy) is 1. The third kappa shape index (κ3) is 5.05. The lowest BCUT2D eigenvalue weighted by atomic mass is 10.0. The number of aromatic nitrogens is 1. The first kappa shape index (κ1) is 21.3. The van der Waals surface area contributed by atoms with Crippen LogP contribution in [0.4, 0.5) is 5.13 Å². The Kier molecular flexibility index (Phi) is 7.08. The fourth-order valence-electron chi connectivity index (χ4n) is 3.73. The Morgan fingerprint density at radius 3 is 2.80 bits per heavy atom. The summed E-state index contributed by atoms with van der Waals surface area (Å²) in [5.74, 6) is 1.28. The minimum absolute atomic E-state index is 0.104. The van der Waals surface area contributed by atoms with Crippen molar-refractivity contribution in [2.24, 2.45) is 0 Å². The third-order valence-corrected chi connectivity index (χ3v) is 7.39. The van der Waals surface area contributed by atoms with Gasteiger partial charge in [-0.2, -0.15) is 0 Å². The van der Waals surface area contributed by atoms with Crippen LogP contribution in [0.3, 0.4) is 0 Å². The molecule has 1 atom stereocenters. The van der Waals surface area contributed by atoms with Crippen LogP contribution in [0.2, 0.25) is 0 Å². The molecule has 1 aliphatic heterocycles. The fraction of sp³-hybridized carbons (Fsp3) is 0.417. The Bertz CT molecular complexity index is 981. The van der Waals surface area contributed by atoms with E-state index in [0.717, 1.165) is 40.5 Å². The molecule has 1 amide bonds. The maximum absolute atomic E-state index is 13.2. The van der Waals surface area contributed by atoms with Crippen LogP contribution < -0.4 is 4.90 Å². The molecular formula is C24H28N2O2S2. The molecule has 2 heterocycles. The summed E-state index contributed by atoms with van der Waals surface area (Å²) in [5, 5.41) is 0.795. The van der Waals surface area contributed by atoms with Crippen molar-refractivity contribution in [2.45, 2.75) is 50.0 Å². The number of thiazole rings is 1. The van der Waals surface area contributed by atoms with Crippen molar-refractivity contribution in [3.8, 4) is 0 Å². The van der Waals surface area contributed by atoms with E-state index in [1.807, 2.05) is 23.1 Å². The van der Waals surface area contributed by atoms with Crippen LogP contribution in [0.1, 0.15) is 44.6 Å². The molecule has 1 unspecified atom stereocenters. The summed E-state index contributed by atoms with van der Waals surface area (Å²) in [6, 6.07) is 16.6. The molecule has 6 heteroatoms. The maximum Gasteiger partial charge on any atom is 0.229 e. The highest BCUT2D eigenvalue weighted by molar-refractivity contribution is 7.99. The lowest BCUT2D eigenvalue weighted by Crippen LogP contribution is -2.37. The number of benzene rings is 2. The summed E-state index contributed by atoms with van der Waals surface area (Å²) >= 11 is 3.33. The van der Waals surface area contributed by atoms with Gasteiger partial charge in [0.15, 0.2) is 5.13 Å². The highest BCUT2D eigenvalue weighted by atomic mass is 32.2. The lowest BCUT2D eigenvalue weighted by molar-refractivity contribution is -0.118. The molecule has 1 saturated heterocycles. The molecule has 0 spiro atoms. The maximum atomic E-state index is 13.2. The predicted molar refractivity (Wildman–Crippen MR) is 127 cm³/mol. The molecule has 0 radical (unpaired) electrons. The molecule has 0 aliphatic carbocycles. The highest BCUT2D eigenvalue weighted by Gasteiger charge is 2.26. The van der Waals surface area contributed by atoms with E-state index in [1.165, 1.54) is 10.5 Å². The second-order valence-corrected chi connectivity index (χ2v) is 10.1. The van der Waals surface area contributed by atoms with Gasteiger partial charge in [-0.3, -0.25) is 9.69 Å². The molecule has 3 aromatic rings. The molecule has 4 nitrogen and oxygen atoms in total. The first-order chi connectivity index (χ1) is 14.6. The second kappa shape index (κ2) is 9.94. The van der Waals surface area contributed by atoms with Crippen LogP contribution in [0.25, 0.3) is 10.2 Å². The van der Waals surface area contributed by atoms with E-state index in [-0.39, 0.29) is 12.0 Å². The summed E-state index contributed by atoms with van der Waals surface area (Å²) in [6.45, 7) is 5.74. The average Bonchev–Trinajstić information content (AvgIpc) is 3.41. The Hall–Kier alpha value is -1.89. The van der Waals surface area contributed by atoms with Crippen molar-refractivity contribution in [1.82, 2.24) is 4.98 Å². The molecule has 1 fully saturated rings. The summed E-state index contributed by atoms with van der Waals surface area (Å²) in [5.41, 5.74) is 2.26. The van der Waals surface area contributed by atoms with Gasteiger partial charge in [-0.25, -0.2) is 4.98 Å². The number of carbonyl (C=O) groups is 1. The number of fused-ring (bicyclic) bond motifs is 1. The minimum Gasteiger partial charge on any atom is -0.376 e. The van der Waals surface area contributed by atoms with Crippen molar-refractivity contribution >= 4 is 44.4 Å². The Labute approximate surface area is 186 Å². The monoisotopic (exact) mass is 440 g/mol. The van der Waals surface area contributed by atoms with Crippen molar-refractivity contribution in [3.05, 3.63) is 54.1 Å². The topological polar surface area (TPSA) is 42.4 Å². The summed E-state index contributed by atoms with van der Waals surface area (Å²) in [4.78, 5) is 21.2. The van der Waals surface area contributed by atoms with E-state index in [4.69, 9.17) is 9.72 Å². The number of nitrogens with zero attached hydrogens (tertiary/aromatic N) is 2. The number of rotatable bonds is 8. The van der Waals surface area contributed by atoms with E-state index in [2.05, 4.69) is 44.2 Å². The second-order valence-electron chi connectivity index (χ2n) is 7.90. The number of anilines is 1. The molecule has 158 valence electrons. The van der Waals surface area contributed by atoms with E-state index >= 15 is 0 Å². The number of hydrogen-bond donors (Lipinski definition) is 0. The zero-order valence-electron chi connectivity index (χ0n) is 17.5. The van der Waals surface area contributed by atoms with E-state index in [9.17, 15) is 4.79 Å². The van der Waals surface area contributed by atoms with Crippen molar-refractivity contribution in [2.75, 3.05) is 23.8 Å². The minimum atomic E-state index is 0.104. The van der Waals surface area contributed by atoms with Gasteiger partial charge in [-0.1, -0.05) is 55.5 Å². The SMILES string of the molecule is CC(C)c1cccc2sc(N(CC3CCCO3)C(=O)CCSc3ccccc3)nc12. The van der Waals surface area contributed by atoms with E-state index in [1.54, 1.807) is 23.1 Å². The number of hydrogen-bond acceptors (Lipinski definition) is 5. The number of carbonyl (C=O) groups excluding carboxylic acids is 1. The van der Waals surface area contributed by atoms with Gasteiger partial charge in [0.05, 0.1) is 22.9 Å². The molecule has 30 heavy (non-hydrogen) atoms. The summed E-state index contributed by atoms with van der Waals surface area (Å²) in [7, 11) is 0. The summed E-state index contributed by atoms with van der Waals surface area (Å²) < 4.78 is 6.98. The van der Waals surface area contributed by atoms with Gasteiger partial charge >= 0.3 is 0 Å². The van der Waals surface area contributed by atoms with Crippen molar-refractivity contribution < 1.29 is 9.53 Å². The number of para-hydroxylation sites is 1. The van der Waals surface area contributed by atoms with Gasteiger partial charge < -0.3 is 4.74 Å². The first-order valence-corrected chi connectivity index (χ1v) is 12.4. The molecule has 0 N–H and O–H groups in total. The first-order valence-electron chi connectivity index (χ1n) is 10.6. The van der Waals surface area contributed by atoms with E-state index in [0.29, 0.717) is 18.9 Å². The van der Waals surface area contributed by atoms with Crippen LogP contribution in [-0.4, -0.2) is 35.9 Å². The molecule has 0 bridgehead atoms. The normalized spacial score (nSPS) is 16.4. The molecule has 4 rings (SSSR count). The van der Waals surface area contributed by atoms with Gasteiger partial charge in [0.2, 0.25) is 5.91 Å². The van der Waals surface area contributed by atoms with Gasteiger partial charge in [-0.05, 0) is 42.5 Å². The number of amides is 1. The highest BCUT2D eigenvalue weighted by Crippen LogP contribution is 2.34. The average molecular weight is 441 g/mol. The largest absolute Gasteiger partial charge is 0.376 e. The lowest BCUT2D eigenvalue weighted by Gasteiger charge is -2.23. The molecule has 2 aromatic carbocycles. The van der Waals surface area contributed by atoms with Crippen molar-refractivity contribution in [3.63, 3.8) is 0 Å². The predicted octanol–water partition coefficient (Wildman–Crippen LogP) is 6.11. The van der Waals surface area contributed by atoms with Gasteiger partial charge in [0, 0.05) is 23.7 Å². The zero-order valence-corrected chi connectivity index (χ0v) is 19.2. The molecule has 1 aromatic heterocycles. The van der Waals surface area contributed by atoms with Gasteiger partial charge in [-0.15, -0.1) is 11.8 Å². The molecule has 0 saturated carbocycles. The Morgan fingerprint density at radius 1 is 1.23 bits per heavy atom. The third-order valence-electron chi connectivity index (χ3n) is 5.33. The van der Waals surface area contributed by atoms with Gasteiger partial charge in [0.1, 0.15) is 0 Å². The Balaban J connectivity index is 1.54. The quantitative estimate of drug-likeness (QED) is 0.396. The van der Waals surface area contributed by atoms with Crippen LogP contribution >= 0.6 is 23.1 Å². The molecular weight excluding hydrogens is 412 g/mol. The van der Waals surface area contributed by atoms with Gasteiger partial charge in [0.25, 0.3) is 0 Å². The van der Waals surface area contributed by atoms with Crippen LogP contribution in [0, 0.1) is 0 Å². The molecule has 1 aliphatic rings. The number of thioether (sulfide) groups is 1. The van der Waals surface area contributed by atoms with Crippen LogP contribution in [0.15, 0.2) is 53.4 Å². The van der Waals surface area contributed by atoms with E-state index < -0.39 is 0 Å². The summed E-state index contributed by atoms with van der Waals surface area (Å²) in [6.07, 6.45) is 2.66. The smallest absolute Gasteiger partial charge is 0.229 e. The zero-order chi connectivity index (χ0) is 20.9. The Morgan fingerprint density at radius 2 is 2.07 bits per heavy atom. The fourth-order valence-corrected chi connectivity index (χ4v) is 5.61. The standard InChI is InChI=1S/C24H28N2O2S2/c1-17(2)20-11-6-12-21-23(20)25-24(30-21)26(16-18-8-7-14-28-18)22(27)13-15-29-19-9-4-3-5-10-19/h3-6,9-12,17-18H,7-8,13-16H2,1-2H3. The van der Waals surface area contributed by atoms with Crippen molar-refractivity contribution in [1.29, 1.82) is 0 Å². The van der Waals surface area contributed by atoms with Crippen LogP contribution in [0.5, 0.6) is 0 Å².